The predicted molar refractivity (Wildman–Crippen MR) is 80.0 cm³/mol. The van der Waals surface area contributed by atoms with Crippen LogP contribution in [0.2, 0.25) is 0 Å². The number of aryl methyl sites for hydroxylation is 1. The number of amides is 1. The Bertz CT molecular complexity index is 574. The second-order valence-electron chi connectivity index (χ2n) is 3.96. The molecule has 1 unspecified atom stereocenters. The first kappa shape index (κ1) is 18.1. The Kier molecular flexibility index (Phi) is 6.95. The Morgan fingerprint density at radius 1 is 1.45 bits per heavy atom. The van der Waals surface area contributed by atoms with Crippen LogP contribution in [0.3, 0.4) is 0 Å². The first-order valence-corrected chi connectivity index (χ1v) is 5.44. The van der Waals surface area contributed by atoms with Gasteiger partial charge in [-0.15, -0.1) is 35.0 Å². The van der Waals surface area contributed by atoms with Crippen LogP contribution in [-0.4, -0.2) is 25.7 Å². The van der Waals surface area contributed by atoms with Gasteiger partial charge in [0, 0.05) is 25.1 Å². The second kappa shape index (κ2) is 7.66. The molecule has 7 nitrogen and oxygen atoms in total. The van der Waals surface area contributed by atoms with E-state index < -0.39 is 0 Å². The summed E-state index contributed by atoms with van der Waals surface area (Å²) in [6.07, 6.45) is 4.56. The van der Waals surface area contributed by atoms with Gasteiger partial charge in [-0.05, 0) is 13.0 Å². The molecule has 0 radical (unpaired) electrons. The summed E-state index contributed by atoms with van der Waals surface area (Å²) >= 11 is 0. The van der Waals surface area contributed by atoms with E-state index in [1.807, 2.05) is 14.0 Å². The number of hydrogen-bond acceptors (Lipinski definition) is 5. The summed E-state index contributed by atoms with van der Waals surface area (Å²) in [4.78, 5) is 15.9. The average Bonchev–Trinajstić information content (AvgIpc) is 2.76. The fourth-order valence-corrected chi connectivity index (χ4v) is 1.62. The molecule has 0 saturated carbocycles. The maximum atomic E-state index is 12.0. The van der Waals surface area contributed by atoms with Crippen LogP contribution in [0.25, 0.3) is 0 Å². The molecule has 2 aromatic heterocycles. The molecule has 0 aliphatic heterocycles. The highest BCUT2D eigenvalue weighted by Crippen LogP contribution is 2.12. The number of hydrogen-bond donors (Lipinski definition) is 2. The monoisotopic (exact) mass is 318 g/mol. The summed E-state index contributed by atoms with van der Waals surface area (Å²) in [5, 5.41) is 10.5. The standard InChI is InChI=1S/C11H14N6O.2ClH/c1-7(10-16-14-6-17(10)2)15-11(18)8-5-13-4-3-9(8)12;;/h3-7H,1-2H3,(H2,12,13)(H,15,18);2*1H. The maximum absolute atomic E-state index is 12.0. The van der Waals surface area contributed by atoms with Crippen molar-refractivity contribution < 1.29 is 4.79 Å². The van der Waals surface area contributed by atoms with Gasteiger partial charge in [-0.3, -0.25) is 9.78 Å². The van der Waals surface area contributed by atoms with Gasteiger partial charge in [0.05, 0.1) is 11.6 Å². The molecule has 20 heavy (non-hydrogen) atoms. The van der Waals surface area contributed by atoms with Crippen LogP contribution in [0.4, 0.5) is 5.69 Å². The van der Waals surface area contributed by atoms with Crippen LogP contribution in [0.1, 0.15) is 29.1 Å². The summed E-state index contributed by atoms with van der Waals surface area (Å²) in [7, 11) is 1.82. The number of carbonyl (C=O) groups excluding carboxylic acids is 1. The zero-order valence-corrected chi connectivity index (χ0v) is 12.6. The van der Waals surface area contributed by atoms with Gasteiger partial charge < -0.3 is 15.6 Å². The molecule has 0 aliphatic rings. The van der Waals surface area contributed by atoms with Gasteiger partial charge in [-0.1, -0.05) is 0 Å². The number of nitrogen functional groups attached to an aromatic ring is 1. The Morgan fingerprint density at radius 2 is 2.15 bits per heavy atom. The molecule has 0 saturated heterocycles. The predicted octanol–water partition coefficient (Wildman–Crippen LogP) is 1.13. The van der Waals surface area contributed by atoms with Gasteiger partial charge in [0.15, 0.2) is 5.82 Å². The maximum Gasteiger partial charge on any atom is 0.255 e. The van der Waals surface area contributed by atoms with Crippen molar-refractivity contribution in [2.75, 3.05) is 5.73 Å². The number of nitrogens with one attached hydrogen (secondary N) is 1. The van der Waals surface area contributed by atoms with E-state index in [4.69, 9.17) is 5.73 Å². The summed E-state index contributed by atoms with van der Waals surface area (Å²) in [6, 6.07) is 1.33. The molecule has 2 aromatic rings. The molecule has 3 N–H and O–H groups in total. The van der Waals surface area contributed by atoms with E-state index in [2.05, 4.69) is 20.5 Å². The van der Waals surface area contributed by atoms with Crippen LogP contribution in [0.15, 0.2) is 24.8 Å². The van der Waals surface area contributed by atoms with Crippen molar-refractivity contribution in [3.63, 3.8) is 0 Å². The van der Waals surface area contributed by atoms with E-state index in [1.54, 1.807) is 17.0 Å². The van der Waals surface area contributed by atoms with Gasteiger partial charge >= 0.3 is 0 Å². The Morgan fingerprint density at radius 3 is 2.70 bits per heavy atom. The molecule has 1 amide bonds. The minimum absolute atomic E-state index is 0. The lowest BCUT2D eigenvalue weighted by atomic mass is 10.2. The zero-order valence-electron chi connectivity index (χ0n) is 11.0. The Hall–Kier alpha value is -1.86. The molecular formula is C11H16Cl2N6O. The fourth-order valence-electron chi connectivity index (χ4n) is 1.62. The third-order valence-corrected chi connectivity index (χ3v) is 2.58. The van der Waals surface area contributed by atoms with Gasteiger partial charge in [0.25, 0.3) is 5.91 Å². The van der Waals surface area contributed by atoms with Gasteiger partial charge in [0.2, 0.25) is 0 Å². The van der Waals surface area contributed by atoms with E-state index in [1.165, 1.54) is 12.4 Å². The molecule has 0 aliphatic carbocycles. The molecule has 0 spiro atoms. The first-order valence-electron chi connectivity index (χ1n) is 5.44. The minimum Gasteiger partial charge on any atom is -0.398 e. The molecule has 0 aromatic carbocycles. The van der Waals surface area contributed by atoms with E-state index in [0.717, 1.165) is 0 Å². The SMILES string of the molecule is CC(NC(=O)c1cnccc1N)c1nncn1C.Cl.Cl. The van der Waals surface area contributed by atoms with Gasteiger partial charge in [-0.25, -0.2) is 0 Å². The molecule has 2 heterocycles. The van der Waals surface area contributed by atoms with Crippen molar-refractivity contribution in [2.45, 2.75) is 13.0 Å². The van der Waals surface area contributed by atoms with Gasteiger partial charge in [-0.2, -0.15) is 0 Å². The third kappa shape index (κ3) is 3.82. The summed E-state index contributed by atoms with van der Waals surface area (Å²) in [5.74, 6) is 0.391. The smallest absolute Gasteiger partial charge is 0.255 e. The molecule has 0 fully saturated rings. The largest absolute Gasteiger partial charge is 0.398 e. The fraction of sp³-hybridized carbons (Fsp3) is 0.273. The first-order chi connectivity index (χ1) is 8.59. The number of anilines is 1. The van der Waals surface area contributed by atoms with Crippen LogP contribution in [0.5, 0.6) is 0 Å². The molecule has 2 rings (SSSR count). The van der Waals surface area contributed by atoms with Crippen molar-refractivity contribution >= 4 is 36.4 Å². The van der Waals surface area contributed by atoms with E-state index >= 15 is 0 Å². The number of pyridine rings is 1. The second-order valence-corrected chi connectivity index (χ2v) is 3.96. The minimum atomic E-state index is -0.281. The van der Waals surface area contributed by atoms with E-state index in [9.17, 15) is 4.79 Å². The third-order valence-electron chi connectivity index (χ3n) is 2.58. The van der Waals surface area contributed by atoms with Crippen LogP contribution < -0.4 is 11.1 Å². The van der Waals surface area contributed by atoms with Gasteiger partial charge in [0.1, 0.15) is 6.33 Å². The lowest BCUT2D eigenvalue weighted by Gasteiger charge is -2.13. The van der Waals surface area contributed by atoms with Crippen molar-refractivity contribution in [1.82, 2.24) is 25.1 Å². The highest BCUT2D eigenvalue weighted by Gasteiger charge is 2.16. The normalized spacial score (nSPS) is 10.9. The molecule has 9 heteroatoms. The Labute approximate surface area is 128 Å². The molecule has 0 bridgehead atoms. The Balaban J connectivity index is 0.00000180. The lowest BCUT2D eigenvalue weighted by Crippen LogP contribution is -2.29. The molecule has 110 valence electrons. The van der Waals surface area contributed by atoms with Crippen molar-refractivity contribution in [3.05, 3.63) is 36.2 Å². The highest BCUT2D eigenvalue weighted by atomic mass is 35.5. The van der Waals surface area contributed by atoms with Crippen LogP contribution in [0, 0.1) is 0 Å². The number of rotatable bonds is 3. The summed E-state index contributed by atoms with van der Waals surface area (Å²) in [6.45, 7) is 1.83. The topological polar surface area (TPSA) is 98.7 Å². The lowest BCUT2D eigenvalue weighted by molar-refractivity contribution is 0.0938. The summed E-state index contributed by atoms with van der Waals surface area (Å²) < 4.78 is 1.75. The number of halogens is 2. The molecular weight excluding hydrogens is 303 g/mol. The number of nitrogens with two attached hydrogens (primary N) is 1. The quantitative estimate of drug-likeness (QED) is 0.883. The zero-order chi connectivity index (χ0) is 13.1. The number of aromatic nitrogens is 4. The van der Waals surface area contributed by atoms with Crippen molar-refractivity contribution in [1.29, 1.82) is 0 Å². The van der Waals surface area contributed by atoms with Crippen LogP contribution >= 0.6 is 24.8 Å². The highest BCUT2D eigenvalue weighted by molar-refractivity contribution is 5.98. The average molecular weight is 319 g/mol. The van der Waals surface area contributed by atoms with E-state index in [-0.39, 0.29) is 36.8 Å². The molecule has 1 atom stereocenters. The van der Waals surface area contributed by atoms with E-state index in [0.29, 0.717) is 17.1 Å². The summed E-state index contributed by atoms with van der Waals surface area (Å²) in [5.41, 5.74) is 6.46. The van der Waals surface area contributed by atoms with Crippen molar-refractivity contribution in [2.24, 2.45) is 7.05 Å². The van der Waals surface area contributed by atoms with Crippen LogP contribution in [-0.2, 0) is 7.05 Å². The number of carbonyl (C=O) groups is 1. The number of nitrogens with zero attached hydrogens (tertiary/aromatic N) is 4. The van der Waals surface area contributed by atoms with Crippen molar-refractivity contribution in [3.8, 4) is 0 Å².